The molecule has 0 radical (unpaired) electrons. The van der Waals surface area contributed by atoms with Crippen molar-refractivity contribution in [2.24, 2.45) is 0 Å². The number of benzene rings is 1. The molecular weight excluding hydrogens is 250 g/mol. The van der Waals surface area contributed by atoms with Gasteiger partial charge < -0.3 is 4.74 Å². The lowest BCUT2D eigenvalue weighted by Gasteiger charge is -2.00. The summed E-state index contributed by atoms with van der Waals surface area (Å²) in [6, 6.07) is 11.3. The Morgan fingerprint density at radius 2 is 1.94 bits per heavy atom. The maximum absolute atomic E-state index is 6.05. The highest BCUT2D eigenvalue weighted by molar-refractivity contribution is 6.29. The summed E-state index contributed by atoms with van der Waals surface area (Å²) in [5.41, 5.74) is 2.56. The molecule has 0 N–H and O–H groups in total. The first kappa shape index (κ1) is 11.0. The van der Waals surface area contributed by atoms with Gasteiger partial charge in [0.1, 0.15) is 10.9 Å². The van der Waals surface area contributed by atoms with Crippen LogP contribution in [0.3, 0.4) is 0 Å². The molecular formula is C13H10ClN3O. The molecule has 4 nitrogen and oxygen atoms in total. The van der Waals surface area contributed by atoms with Gasteiger partial charge in [-0.05, 0) is 30.3 Å². The van der Waals surface area contributed by atoms with Gasteiger partial charge in [0.25, 0.3) is 0 Å². The van der Waals surface area contributed by atoms with Crippen LogP contribution < -0.4 is 4.74 Å². The molecule has 0 saturated carbocycles. The summed E-state index contributed by atoms with van der Waals surface area (Å²) < 4.78 is 6.74. The molecule has 18 heavy (non-hydrogen) atoms. The van der Waals surface area contributed by atoms with E-state index in [9.17, 15) is 0 Å². The third-order valence-corrected chi connectivity index (χ3v) is 2.98. The maximum atomic E-state index is 6.05. The van der Waals surface area contributed by atoms with Gasteiger partial charge in [-0.15, -0.1) is 0 Å². The molecule has 0 spiro atoms. The van der Waals surface area contributed by atoms with Crippen molar-refractivity contribution in [3.8, 4) is 17.0 Å². The second kappa shape index (κ2) is 4.31. The zero-order chi connectivity index (χ0) is 12.5. The van der Waals surface area contributed by atoms with Crippen molar-refractivity contribution in [1.82, 2.24) is 14.6 Å². The number of nitrogens with zero attached hydrogens (tertiary/aromatic N) is 3. The summed E-state index contributed by atoms with van der Waals surface area (Å²) in [5.74, 6) is 0.818. The number of rotatable bonds is 2. The first-order chi connectivity index (χ1) is 8.78. The predicted octanol–water partition coefficient (Wildman–Crippen LogP) is 3.06. The average molecular weight is 260 g/mol. The number of hydrogen-bond acceptors (Lipinski definition) is 3. The molecule has 0 amide bonds. The van der Waals surface area contributed by atoms with E-state index in [4.69, 9.17) is 16.3 Å². The Balaban J connectivity index is 2.10. The van der Waals surface area contributed by atoms with Gasteiger partial charge >= 0.3 is 0 Å². The second-order valence-electron chi connectivity index (χ2n) is 3.80. The van der Waals surface area contributed by atoms with E-state index in [1.54, 1.807) is 23.9 Å². The second-order valence-corrected chi connectivity index (χ2v) is 4.18. The van der Waals surface area contributed by atoms with Crippen LogP contribution >= 0.6 is 11.6 Å². The van der Waals surface area contributed by atoms with E-state index in [2.05, 4.69) is 10.1 Å². The number of fused-ring (bicyclic) bond motifs is 1. The molecule has 0 atom stereocenters. The van der Waals surface area contributed by atoms with Crippen LogP contribution in [0.25, 0.3) is 16.9 Å². The van der Waals surface area contributed by atoms with Crippen LogP contribution in [0.5, 0.6) is 5.75 Å². The quantitative estimate of drug-likeness (QED) is 0.664. The molecule has 0 aliphatic heterocycles. The summed E-state index contributed by atoms with van der Waals surface area (Å²) in [6.07, 6.45) is 1.66. The number of hydrogen-bond donors (Lipinski definition) is 0. The van der Waals surface area contributed by atoms with E-state index >= 15 is 0 Å². The molecule has 0 unspecified atom stereocenters. The van der Waals surface area contributed by atoms with E-state index in [1.165, 1.54) is 0 Å². The van der Waals surface area contributed by atoms with Gasteiger partial charge in [0.05, 0.1) is 12.8 Å². The Hall–Kier alpha value is -2.07. The smallest absolute Gasteiger partial charge is 0.157 e. The van der Waals surface area contributed by atoms with E-state index in [0.29, 0.717) is 5.15 Å². The number of methoxy groups -OCH3 is 1. The van der Waals surface area contributed by atoms with Crippen LogP contribution in [0.1, 0.15) is 0 Å². The molecule has 5 heteroatoms. The molecule has 2 aromatic heterocycles. The first-order valence-electron chi connectivity index (χ1n) is 5.42. The minimum absolute atomic E-state index is 0.541. The fourth-order valence-electron chi connectivity index (χ4n) is 1.77. The molecule has 3 rings (SSSR count). The monoisotopic (exact) mass is 259 g/mol. The highest BCUT2D eigenvalue weighted by Gasteiger charge is 2.07. The summed E-state index contributed by atoms with van der Waals surface area (Å²) in [7, 11) is 1.64. The molecule has 0 saturated heterocycles. The predicted molar refractivity (Wildman–Crippen MR) is 70.0 cm³/mol. The largest absolute Gasteiger partial charge is 0.497 e. The van der Waals surface area contributed by atoms with Crippen molar-refractivity contribution in [3.05, 3.63) is 47.7 Å². The molecule has 1 aromatic carbocycles. The SMILES string of the molecule is COc1ccc(-c2cc3nccc(Cl)n3n2)cc1. The van der Waals surface area contributed by atoms with E-state index < -0.39 is 0 Å². The number of aromatic nitrogens is 3. The van der Waals surface area contributed by atoms with Crippen molar-refractivity contribution in [1.29, 1.82) is 0 Å². The standard InChI is InChI=1S/C13H10ClN3O/c1-18-10-4-2-9(3-5-10)11-8-13-15-7-6-12(14)17(13)16-11/h2-8H,1H3. The van der Waals surface area contributed by atoms with Gasteiger partial charge in [0.15, 0.2) is 5.65 Å². The molecule has 90 valence electrons. The first-order valence-corrected chi connectivity index (χ1v) is 5.80. The molecule has 3 aromatic rings. The van der Waals surface area contributed by atoms with Gasteiger partial charge in [-0.25, -0.2) is 9.50 Å². The normalized spacial score (nSPS) is 10.8. The molecule has 2 heterocycles. The summed E-state index contributed by atoms with van der Waals surface area (Å²) in [4.78, 5) is 4.21. The van der Waals surface area contributed by atoms with E-state index in [-0.39, 0.29) is 0 Å². The van der Waals surface area contributed by atoms with Crippen LogP contribution in [0.4, 0.5) is 0 Å². The van der Waals surface area contributed by atoms with Crippen LogP contribution in [-0.2, 0) is 0 Å². The third-order valence-electron chi connectivity index (χ3n) is 2.70. The molecule has 0 fully saturated rings. The maximum Gasteiger partial charge on any atom is 0.157 e. The fraction of sp³-hybridized carbons (Fsp3) is 0.0769. The van der Waals surface area contributed by atoms with E-state index in [1.807, 2.05) is 30.3 Å². The Kier molecular flexibility index (Phi) is 2.64. The van der Waals surface area contributed by atoms with Crippen molar-refractivity contribution >= 4 is 17.2 Å². The van der Waals surface area contributed by atoms with Gasteiger partial charge in [0, 0.05) is 17.8 Å². The van der Waals surface area contributed by atoms with Gasteiger partial charge in [-0.1, -0.05) is 11.6 Å². The molecule has 0 aliphatic carbocycles. The van der Waals surface area contributed by atoms with Crippen molar-refractivity contribution in [2.75, 3.05) is 7.11 Å². The lowest BCUT2D eigenvalue weighted by molar-refractivity contribution is 0.415. The van der Waals surface area contributed by atoms with Crippen LogP contribution in [0.2, 0.25) is 5.15 Å². The van der Waals surface area contributed by atoms with Crippen molar-refractivity contribution in [2.45, 2.75) is 0 Å². The lowest BCUT2D eigenvalue weighted by atomic mass is 10.1. The fourth-order valence-corrected chi connectivity index (χ4v) is 1.95. The minimum atomic E-state index is 0.541. The topological polar surface area (TPSA) is 39.4 Å². The lowest BCUT2D eigenvalue weighted by Crippen LogP contribution is -1.90. The highest BCUT2D eigenvalue weighted by atomic mass is 35.5. The van der Waals surface area contributed by atoms with Gasteiger partial charge in [-0.2, -0.15) is 5.10 Å². The summed E-state index contributed by atoms with van der Waals surface area (Å²) in [5, 5.41) is 4.96. The molecule has 0 bridgehead atoms. The van der Waals surface area contributed by atoms with E-state index in [0.717, 1.165) is 22.7 Å². The number of halogens is 1. The Morgan fingerprint density at radius 1 is 1.17 bits per heavy atom. The van der Waals surface area contributed by atoms with Crippen LogP contribution in [-0.4, -0.2) is 21.7 Å². The zero-order valence-corrected chi connectivity index (χ0v) is 10.4. The van der Waals surface area contributed by atoms with Crippen LogP contribution in [0.15, 0.2) is 42.6 Å². The Labute approximate surface area is 109 Å². The Bertz CT molecular complexity index is 691. The summed E-state index contributed by atoms with van der Waals surface area (Å²) in [6.45, 7) is 0. The zero-order valence-electron chi connectivity index (χ0n) is 9.67. The van der Waals surface area contributed by atoms with Crippen molar-refractivity contribution in [3.63, 3.8) is 0 Å². The molecule has 0 aliphatic rings. The highest BCUT2D eigenvalue weighted by Crippen LogP contribution is 2.23. The van der Waals surface area contributed by atoms with Crippen LogP contribution in [0, 0.1) is 0 Å². The number of ether oxygens (including phenoxy) is 1. The van der Waals surface area contributed by atoms with Gasteiger partial charge in [0.2, 0.25) is 0 Å². The summed E-state index contributed by atoms with van der Waals surface area (Å²) >= 11 is 6.05. The average Bonchev–Trinajstić information content (AvgIpc) is 2.84. The van der Waals surface area contributed by atoms with Crippen molar-refractivity contribution < 1.29 is 4.74 Å². The van der Waals surface area contributed by atoms with Gasteiger partial charge in [-0.3, -0.25) is 0 Å². The minimum Gasteiger partial charge on any atom is -0.497 e. The Morgan fingerprint density at radius 3 is 2.61 bits per heavy atom. The third kappa shape index (κ3) is 1.80.